The Morgan fingerprint density at radius 1 is 0.272 bits per heavy atom. The summed E-state index contributed by atoms with van der Waals surface area (Å²) < 4.78 is 68.7. The molecule has 0 aliphatic rings. The number of phosphoric acid groups is 2. The molecule has 0 aliphatic heterocycles. The molecule has 0 rings (SSSR count). The Hall–Kier alpha value is -1.94. The highest BCUT2D eigenvalue weighted by Gasteiger charge is 2.30. The van der Waals surface area contributed by atoms with E-state index < -0.39 is 97.5 Å². The molecule has 0 fully saturated rings. The molecule has 612 valence electrons. The summed E-state index contributed by atoms with van der Waals surface area (Å²) in [5.74, 6) is 1.03. The van der Waals surface area contributed by atoms with Crippen molar-refractivity contribution < 1.29 is 80.2 Å². The van der Waals surface area contributed by atoms with Crippen molar-refractivity contribution in [2.45, 2.75) is 453 Å². The van der Waals surface area contributed by atoms with Crippen LogP contribution in [-0.4, -0.2) is 96.7 Å². The van der Waals surface area contributed by atoms with Gasteiger partial charge >= 0.3 is 39.5 Å². The standard InChI is InChI=1S/C84H164O17P2/c1-9-75(6)61-53-45-36-32-28-24-20-16-12-14-18-22-26-30-34-38-48-56-64-81(86)94-70-79(100-83(88)66-58-50-39-35-31-27-23-19-15-13-17-21-25-29-33-37-46-54-62-76(7)10-2)72-98-102(90,91)96-68-78(85)69-97-103(92,93)99-73-80(101-84(89)67-59-51-42-40-44-52-60-74(4)5)71-95-82(87)65-57-49-43-41-47-55-63-77(8)11-3/h74-80,85H,9-73H2,1-8H3,(H,90,91)(H,92,93)/t75?,76?,77?,78-,79-,80-/m1/s1. The van der Waals surface area contributed by atoms with Gasteiger partial charge in [-0.25, -0.2) is 9.13 Å². The number of ether oxygens (including phenoxy) is 4. The second-order valence-electron chi connectivity index (χ2n) is 31.4. The van der Waals surface area contributed by atoms with E-state index >= 15 is 0 Å². The Balaban J connectivity index is 5.16. The molecule has 0 radical (unpaired) electrons. The molecule has 0 saturated heterocycles. The van der Waals surface area contributed by atoms with E-state index in [1.165, 1.54) is 231 Å². The minimum absolute atomic E-state index is 0.101. The average molecular weight is 1510 g/mol. The van der Waals surface area contributed by atoms with E-state index in [0.717, 1.165) is 114 Å². The van der Waals surface area contributed by atoms with E-state index in [0.29, 0.717) is 31.6 Å². The minimum atomic E-state index is -4.96. The highest BCUT2D eigenvalue weighted by Crippen LogP contribution is 2.45. The van der Waals surface area contributed by atoms with Gasteiger partial charge in [0.15, 0.2) is 12.2 Å². The van der Waals surface area contributed by atoms with Crippen molar-refractivity contribution in [3.8, 4) is 0 Å². The van der Waals surface area contributed by atoms with Crippen molar-refractivity contribution in [3.05, 3.63) is 0 Å². The molecule has 0 aliphatic carbocycles. The lowest BCUT2D eigenvalue weighted by atomic mass is 9.99. The van der Waals surface area contributed by atoms with Crippen molar-refractivity contribution in [1.29, 1.82) is 0 Å². The fraction of sp³-hybridized carbons (Fsp3) is 0.952. The molecule has 19 heteroatoms. The minimum Gasteiger partial charge on any atom is -0.462 e. The number of carbonyl (C=O) groups excluding carboxylic acids is 4. The normalized spacial score (nSPS) is 14.8. The first-order valence-corrected chi connectivity index (χ1v) is 46.3. The summed E-state index contributed by atoms with van der Waals surface area (Å²) in [4.78, 5) is 73.0. The van der Waals surface area contributed by atoms with Crippen LogP contribution in [0.1, 0.15) is 434 Å². The van der Waals surface area contributed by atoms with Crippen LogP contribution in [0.3, 0.4) is 0 Å². The molecule has 0 bridgehead atoms. The first-order valence-electron chi connectivity index (χ1n) is 43.3. The summed E-state index contributed by atoms with van der Waals surface area (Å²) in [6.45, 7) is 14.3. The summed E-state index contributed by atoms with van der Waals surface area (Å²) in [6, 6.07) is 0. The number of aliphatic hydroxyl groups excluding tert-OH is 1. The molecular formula is C84H164O17P2. The monoisotopic (exact) mass is 1510 g/mol. The van der Waals surface area contributed by atoms with Crippen LogP contribution in [0, 0.1) is 23.7 Å². The summed E-state index contributed by atoms with van der Waals surface area (Å²) in [5, 5.41) is 10.6. The van der Waals surface area contributed by atoms with Gasteiger partial charge in [0, 0.05) is 25.7 Å². The summed E-state index contributed by atoms with van der Waals surface area (Å²) in [6.07, 6.45) is 61.5. The number of aliphatic hydroxyl groups is 1. The first kappa shape index (κ1) is 101. The number of phosphoric ester groups is 2. The van der Waals surface area contributed by atoms with Crippen molar-refractivity contribution >= 4 is 39.5 Å². The van der Waals surface area contributed by atoms with E-state index in [1.807, 2.05) is 0 Å². The Kier molecular flexibility index (Phi) is 71.5. The van der Waals surface area contributed by atoms with E-state index in [1.54, 1.807) is 0 Å². The maximum Gasteiger partial charge on any atom is 0.472 e. The third kappa shape index (κ3) is 74.0. The zero-order valence-corrected chi connectivity index (χ0v) is 69.7. The van der Waals surface area contributed by atoms with Crippen LogP contribution >= 0.6 is 15.6 Å². The molecule has 3 N–H and O–H groups in total. The third-order valence-corrected chi connectivity index (χ3v) is 22.6. The molecule has 0 saturated carbocycles. The highest BCUT2D eigenvalue weighted by molar-refractivity contribution is 7.47. The van der Waals surface area contributed by atoms with Gasteiger partial charge in [0.25, 0.3) is 0 Å². The Bertz CT molecular complexity index is 2010. The largest absolute Gasteiger partial charge is 0.472 e. The molecule has 8 atom stereocenters. The second kappa shape index (κ2) is 72.9. The molecule has 0 amide bonds. The van der Waals surface area contributed by atoms with Crippen LogP contribution < -0.4 is 0 Å². The summed E-state index contributed by atoms with van der Waals surface area (Å²) in [7, 11) is -9.92. The molecular weight excluding hydrogens is 1340 g/mol. The van der Waals surface area contributed by atoms with E-state index in [-0.39, 0.29) is 25.7 Å². The lowest BCUT2D eigenvalue weighted by molar-refractivity contribution is -0.161. The van der Waals surface area contributed by atoms with Crippen LogP contribution in [0.5, 0.6) is 0 Å². The Morgan fingerprint density at radius 3 is 0.689 bits per heavy atom. The predicted octanol–water partition coefficient (Wildman–Crippen LogP) is 25.2. The SMILES string of the molecule is CCC(C)CCCCCCCCCCCCCCCCCCCCC(=O)OC[C@H](COP(=O)(O)OC[C@@H](O)COP(=O)(O)OC[C@@H](COC(=O)CCCCCCCCC(C)CC)OC(=O)CCCCCCCCC(C)C)OC(=O)CCCCCCCCCCCCCCCCCCCCC(C)CC. The van der Waals surface area contributed by atoms with Crippen LogP contribution in [0.2, 0.25) is 0 Å². The number of hydrogen-bond donors (Lipinski definition) is 3. The van der Waals surface area contributed by atoms with Crippen LogP contribution in [0.15, 0.2) is 0 Å². The van der Waals surface area contributed by atoms with Gasteiger partial charge in [0.1, 0.15) is 19.3 Å². The smallest absolute Gasteiger partial charge is 0.462 e. The number of carbonyl (C=O) groups is 4. The third-order valence-electron chi connectivity index (χ3n) is 20.7. The van der Waals surface area contributed by atoms with Gasteiger partial charge in [0.2, 0.25) is 0 Å². The summed E-state index contributed by atoms with van der Waals surface area (Å²) in [5.41, 5.74) is 0. The van der Waals surface area contributed by atoms with Gasteiger partial charge in [-0.3, -0.25) is 37.3 Å². The highest BCUT2D eigenvalue weighted by atomic mass is 31.2. The lowest BCUT2D eigenvalue weighted by Gasteiger charge is -2.21. The maximum absolute atomic E-state index is 13.1. The molecule has 103 heavy (non-hydrogen) atoms. The van der Waals surface area contributed by atoms with E-state index in [2.05, 4.69) is 55.4 Å². The molecule has 0 aromatic heterocycles. The fourth-order valence-electron chi connectivity index (χ4n) is 12.9. The number of esters is 4. The van der Waals surface area contributed by atoms with Crippen molar-refractivity contribution in [3.63, 3.8) is 0 Å². The average Bonchev–Trinajstić information content (AvgIpc) is 0.916. The quantitative estimate of drug-likeness (QED) is 0.0222. The van der Waals surface area contributed by atoms with Crippen molar-refractivity contribution in [2.24, 2.45) is 23.7 Å². The molecule has 0 aromatic rings. The molecule has 0 spiro atoms. The van der Waals surface area contributed by atoms with Gasteiger partial charge < -0.3 is 33.8 Å². The number of rotatable bonds is 81. The summed E-state index contributed by atoms with van der Waals surface area (Å²) >= 11 is 0. The zero-order valence-electron chi connectivity index (χ0n) is 68.0. The number of unbranched alkanes of at least 4 members (excludes halogenated alkanes) is 44. The second-order valence-corrected chi connectivity index (χ2v) is 34.3. The van der Waals surface area contributed by atoms with Gasteiger partial charge in [-0.2, -0.15) is 0 Å². The van der Waals surface area contributed by atoms with Gasteiger partial charge in [-0.05, 0) is 49.4 Å². The topological polar surface area (TPSA) is 237 Å². The predicted molar refractivity (Wildman–Crippen MR) is 423 cm³/mol. The van der Waals surface area contributed by atoms with E-state index in [9.17, 15) is 43.2 Å². The molecule has 0 aromatic carbocycles. The van der Waals surface area contributed by atoms with Crippen molar-refractivity contribution in [1.82, 2.24) is 0 Å². The van der Waals surface area contributed by atoms with Gasteiger partial charge in [-0.15, -0.1) is 0 Å². The zero-order chi connectivity index (χ0) is 76.0. The fourth-order valence-corrected chi connectivity index (χ4v) is 14.4. The number of hydrogen-bond acceptors (Lipinski definition) is 15. The van der Waals surface area contributed by atoms with E-state index in [4.69, 9.17) is 37.0 Å². The molecule has 17 nitrogen and oxygen atoms in total. The van der Waals surface area contributed by atoms with Crippen LogP contribution in [0.25, 0.3) is 0 Å². The van der Waals surface area contributed by atoms with Crippen molar-refractivity contribution in [2.75, 3.05) is 39.6 Å². The van der Waals surface area contributed by atoms with Gasteiger partial charge in [-0.1, -0.05) is 383 Å². The van der Waals surface area contributed by atoms with Crippen LogP contribution in [0.4, 0.5) is 0 Å². The van der Waals surface area contributed by atoms with Crippen LogP contribution in [-0.2, 0) is 65.4 Å². The molecule has 5 unspecified atom stereocenters. The Labute approximate surface area is 632 Å². The maximum atomic E-state index is 13.1. The first-order chi connectivity index (χ1) is 49.7. The molecule has 0 heterocycles. The Morgan fingerprint density at radius 2 is 0.466 bits per heavy atom. The van der Waals surface area contributed by atoms with Gasteiger partial charge in [0.05, 0.1) is 26.4 Å². The lowest BCUT2D eigenvalue weighted by Crippen LogP contribution is -2.30.